The molecule has 0 spiro atoms. The number of nitrogens with zero attached hydrogens (tertiary/aromatic N) is 3. The second kappa shape index (κ2) is 5.77. The van der Waals surface area contributed by atoms with Crippen molar-refractivity contribution in [3.63, 3.8) is 0 Å². The SMILES string of the molecule is COCc1nc(C(=O)N2CCN(C)CC2C)cs1. The van der Waals surface area contributed by atoms with Crippen LogP contribution in [0.25, 0.3) is 0 Å². The summed E-state index contributed by atoms with van der Waals surface area (Å²) in [5.41, 5.74) is 0.545. The van der Waals surface area contributed by atoms with Crippen molar-refractivity contribution in [2.24, 2.45) is 0 Å². The predicted octanol–water partition coefficient (Wildman–Crippen LogP) is 1.07. The lowest BCUT2D eigenvalue weighted by Gasteiger charge is -2.37. The van der Waals surface area contributed by atoms with Crippen LogP contribution >= 0.6 is 11.3 Å². The summed E-state index contributed by atoms with van der Waals surface area (Å²) in [5, 5.41) is 2.67. The minimum Gasteiger partial charge on any atom is -0.378 e. The molecule has 100 valence electrons. The van der Waals surface area contributed by atoms with Crippen LogP contribution in [0.1, 0.15) is 22.4 Å². The Bertz CT molecular complexity index is 421. The molecule has 0 radical (unpaired) electrons. The highest BCUT2D eigenvalue weighted by atomic mass is 32.1. The molecule has 1 aromatic rings. The lowest BCUT2D eigenvalue weighted by atomic mass is 10.2. The van der Waals surface area contributed by atoms with Crippen molar-refractivity contribution in [3.05, 3.63) is 16.1 Å². The van der Waals surface area contributed by atoms with E-state index in [1.54, 1.807) is 7.11 Å². The van der Waals surface area contributed by atoms with Crippen LogP contribution in [0.4, 0.5) is 0 Å². The van der Waals surface area contributed by atoms with Crippen LogP contribution in [0.3, 0.4) is 0 Å². The van der Waals surface area contributed by atoms with Gasteiger partial charge in [0.15, 0.2) is 0 Å². The number of carbonyl (C=O) groups is 1. The molecule has 2 heterocycles. The molecule has 0 aliphatic carbocycles. The summed E-state index contributed by atoms with van der Waals surface area (Å²) in [6.07, 6.45) is 0. The monoisotopic (exact) mass is 269 g/mol. The molecule has 1 fully saturated rings. The summed E-state index contributed by atoms with van der Waals surface area (Å²) in [5.74, 6) is 0.0363. The van der Waals surface area contributed by atoms with Crippen LogP contribution in [-0.4, -0.2) is 60.5 Å². The molecule has 1 amide bonds. The maximum absolute atomic E-state index is 12.3. The number of carbonyl (C=O) groups excluding carboxylic acids is 1. The average molecular weight is 269 g/mol. The molecule has 1 aliphatic heterocycles. The van der Waals surface area contributed by atoms with Crippen molar-refractivity contribution >= 4 is 17.2 Å². The number of hydrogen-bond acceptors (Lipinski definition) is 5. The summed E-state index contributed by atoms with van der Waals surface area (Å²) in [4.78, 5) is 20.8. The zero-order chi connectivity index (χ0) is 13.1. The maximum Gasteiger partial charge on any atom is 0.273 e. The zero-order valence-electron chi connectivity index (χ0n) is 11.0. The van der Waals surface area contributed by atoms with Crippen molar-refractivity contribution in [2.75, 3.05) is 33.8 Å². The van der Waals surface area contributed by atoms with E-state index < -0.39 is 0 Å². The van der Waals surface area contributed by atoms with Crippen molar-refractivity contribution < 1.29 is 9.53 Å². The summed E-state index contributed by atoms with van der Waals surface area (Å²) in [7, 11) is 3.71. The average Bonchev–Trinajstić information content (AvgIpc) is 2.77. The van der Waals surface area contributed by atoms with E-state index in [0.717, 1.165) is 24.6 Å². The fourth-order valence-electron chi connectivity index (χ4n) is 2.19. The van der Waals surface area contributed by atoms with Gasteiger partial charge >= 0.3 is 0 Å². The summed E-state index contributed by atoms with van der Waals surface area (Å²) in [6, 6.07) is 0.240. The van der Waals surface area contributed by atoms with Gasteiger partial charge in [-0.1, -0.05) is 0 Å². The molecule has 6 heteroatoms. The molecule has 5 nitrogen and oxygen atoms in total. The van der Waals surface area contributed by atoms with Gasteiger partial charge in [0.05, 0.1) is 6.61 Å². The van der Waals surface area contributed by atoms with Gasteiger partial charge in [-0.3, -0.25) is 4.79 Å². The van der Waals surface area contributed by atoms with E-state index >= 15 is 0 Å². The van der Waals surface area contributed by atoms with Crippen molar-refractivity contribution in [1.29, 1.82) is 0 Å². The number of ether oxygens (including phenoxy) is 1. The second-order valence-corrected chi connectivity index (χ2v) is 5.61. The van der Waals surface area contributed by atoms with E-state index in [-0.39, 0.29) is 11.9 Å². The number of likely N-dealkylation sites (N-methyl/N-ethyl adjacent to an activating group) is 1. The Morgan fingerprint density at radius 3 is 3.06 bits per heavy atom. The highest BCUT2D eigenvalue weighted by Crippen LogP contribution is 2.16. The van der Waals surface area contributed by atoms with Crippen LogP contribution in [-0.2, 0) is 11.3 Å². The van der Waals surface area contributed by atoms with E-state index in [0.29, 0.717) is 12.3 Å². The Balaban J connectivity index is 2.05. The molecular weight excluding hydrogens is 250 g/mol. The zero-order valence-corrected chi connectivity index (χ0v) is 11.9. The molecule has 1 unspecified atom stereocenters. The number of aromatic nitrogens is 1. The third kappa shape index (κ3) is 2.88. The first-order valence-corrected chi connectivity index (χ1v) is 6.92. The summed E-state index contributed by atoms with van der Waals surface area (Å²) >= 11 is 1.47. The number of amides is 1. The molecular formula is C12H19N3O2S. The standard InChI is InChI=1S/C12H19N3O2S/c1-9-6-14(2)4-5-15(9)12(16)10-8-18-11(13-10)7-17-3/h8-9H,4-7H2,1-3H3. The van der Waals surface area contributed by atoms with E-state index in [9.17, 15) is 4.79 Å². The molecule has 18 heavy (non-hydrogen) atoms. The van der Waals surface area contributed by atoms with Gasteiger partial charge in [0.25, 0.3) is 5.91 Å². The molecule has 0 saturated carbocycles. The Labute approximate surface area is 111 Å². The lowest BCUT2D eigenvalue weighted by molar-refractivity contribution is 0.0528. The van der Waals surface area contributed by atoms with Gasteiger partial charge in [0, 0.05) is 38.2 Å². The largest absolute Gasteiger partial charge is 0.378 e. The van der Waals surface area contributed by atoms with Gasteiger partial charge in [-0.05, 0) is 14.0 Å². The van der Waals surface area contributed by atoms with Gasteiger partial charge in [-0.2, -0.15) is 0 Å². The fourth-order valence-corrected chi connectivity index (χ4v) is 2.93. The predicted molar refractivity (Wildman–Crippen MR) is 70.8 cm³/mol. The van der Waals surface area contributed by atoms with Crippen molar-refractivity contribution in [3.8, 4) is 0 Å². The molecule has 0 bridgehead atoms. The van der Waals surface area contributed by atoms with E-state index in [1.807, 2.05) is 10.3 Å². The molecule has 2 rings (SSSR count). The molecule has 0 aromatic carbocycles. The Morgan fingerprint density at radius 2 is 2.39 bits per heavy atom. The highest BCUT2D eigenvalue weighted by Gasteiger charge is 2.27. The first kappa shape index (κ1) is 13.5. The Kier molecular flexibility index (Phi) is 4.31. The van der Waals surface area contributed by atoms with E-state index in [4.69, 9.17) is 4.74 Å². The second-order valence-electron chi connectivity index (χ2n) is 4.67. The molecule has 1 saturated heterocycles. The number of piperazine rings is 1. The van der Waals surface area contributed by atoms with Gasteiger partial charge in [-0.25, -0.2) is 4.98 Å². The third-order valence-corrected chi connectivity index (χ3v) is 3.95. The van der Waals surface area contributed by atoms with Crippen molar-refractivity contribution in [2.45, 2.75) is 19.6 Å². The first-order chi connectivity index (χ1) is 8.61. The molecule has 1 atom stereocenters. The summed E-state index contributed by atoms with van der Waals surface area (Å²) in [6.45, 7) is 5.16. The van der Waals surface area contributed by atoms with Gasteiger partial charge in [0.1, 0.15) is 10.7 Å². The Morgan fingerprint density at radius 1 is 1.61 bits per heavy atom. The number of hydrogen-bond donors (Lipinski definition) is 0. The molecule has 1 aromatic heterocycles. The molecule has 1 aliphatic rings. The summed E-state index contributed by atoms with van der Waals surface area (Å²) < 4.78 is 5.02. The van der Waals surface area contributed by atoms with Gasteiger partial charge in [-0.15, -0.1) is 11.3 Å². The van der Waals surface area contributed by atoms with Crippen LogP contribution in [0.2, 0.25) is 0 Å². The lowest BCUT2D eigenvalue weighted by Crippen LogP contribution is -2.52. The van der Waals surface area contributed by atoms with Crippen LogP contribution in [0.5, 0.6) is 0 Å². The quantitative estimate of drug-likeness (QED) is 0.823. The minimum atomic E-state index is 0.0363. The molecule has 0 N–H and O–H groups in total. The van der Waals surface area contributed by atoms with Crippen LogP contribution < -0.4 is 0 Å². The first-order valence-electron chi connectivity index (χ1n) is 6.04. The van der Waals surface area contributed by atoms with Crippen molar-refractivity contribution in [1.82, 2.24) is 14.8 Å². The number of thiazole rings is 1. The smallest absolute Gasteiger partial charge is 0.273 e. The van der Waals surface area contributed by atoms with E-state index in [1.165, 1.54) is 11.3 Å². The normalized spacial score (nSPS) is 21.3. The number of methoxy groups -OCH3 is 1. The van der Waals surface area contributed by atoms with Gasteiger partial charge in [0.2, 0.25) is 0 Å². The van der Waals surface area contributed by atoms with Gasteiger partial charge < -0.3 is 14.5 Å². The highest BCUT2D eigenvalue weighted by molar-refractivity contribution is 7.09. The number of rotatable bonds is 3. The fraction of sp³-hybridized carbons (Fsp3) is 0.667. The van der Waals surface area contributed by atoms with Crippen LogP contribution in [0, 0.1) is 0 Å². The minimum absolute atomic E-state index is 0.0363. The third-order valence-electron chi connectivity index (χ3n) is 3.13. The van der Waals surface area contributed by atoms with E-state index in [2.05, 4.69) is 23.9 Å². The Hall–Kier alpha value is -0.980. The maximum atomic E-state index is 12.3. The van der Waals surface area contributed by atoms with Crippen LogP contribution in [0.15, 0.2) is 5.38 Å². The topological polar surface area (TPSA) is 45.7 Å².